The molecule has 1 aliphatic carbocycles. The number of aryl methyl sites for hydroxylation is 1. The highest BCUT2D eigenvalue weighted by Gasteiger charge is 2.23. The van der Waals surface area contributed by atoms with E-state index in [-0.39, 0.29) is 0 Å². The van der Waals surface area contributed by atoms with Crippen molar-refractivity contribution >= 4 is 23.0 Å². The first-order valence-electron chi connectivity index (χ1n) is 7.73. The number of nitrogens with zero attached hydrogens (tertiary/aromatic N) is 1. The monoisotopic (exact) mass is 290 g/mol. The fourth-order valence-electron chi connectivity index (χ4n) is 2.95. The Labute approximate surface area is 128 Å². The lowest BCUT2D eigenvalue weighted by Crippen LogP contribution is -2.41. The maximum atomic E-state index is 5.59. The fraction of sp³-hybridized carbons (Fsp3) is 0.588. The molecule has 0 spiro atoms. The maximum Gasteiger partial charge on any atom is 0.173 e. The molecule has 2 rings (SSSR count). The summed E-state index contributed by atoms with van der Waals surface area (Å²) in [7, 11) is 2.13. The van der Waals surface area contributed by atoms with Crippen LogP contribution in [0, 0.1) is 5.92 Å². The van der Waals surface area contributed by atoms with Gasteiger partial charge in [-0.15, -0.1) is 0 Å². The Morgan fingerprint density at radius 1 is 1.25 bits per heavy atom. The van der Waals surface area contributed by atoms with Crippen LogP contribution in [0.25, 0.3) is 0 Å². The first kappa shape index (κ1) is 15.3. The van der Waals surface area contributed by atoms with Crippen LogP contribution >= 0.6 is 12.2 Å². The van der Waals surface area contributed by atoms with Crippen molar-refractivity contribution in [1.29, 1.82) is 0 Å². The zero-order valence-corrected chi connectivity index (χ0v) is 13.7. The zero-order chi connectivity index (χ0) is 14.5. The zero-order valence-electron chi connectivity index (χ0n) is 12.9. The summed E-state index contributed by atoms with van der Waals surface area (Å²) in [4.78, 5) is 2.26. The summed E-state index contributed by atoms with van der Waals surface area (Å²) in [6.45, 7) is 4.53. The molecule has 1 saturated carbocycles. The Hall–Kier alpha value is -1.09. The molecule has 0 aromatic heterocycles. The maximum absolute atomic E-state index is 5.59. The van der Waals surface area contributed by atoms with Crippen LogP contribution in [-0.2, 0) is 6.42 Å². The van der Waals surface area contributed by atoms with Gasteiger partial charge < -0.3 is 10.2 Å². The van der Waals surface area contributed by atoms with Crippen molar-refractivity contribution in [3.05, 3.63) is 29.8 Å². The molecule has 1 N–H and O–H groups in total. The van der Waals surface area contributed by atoms with E-state index in [1.54, 1.807) is 0 Å². The predicted molar refractivity (Wildman–Crippen MR) is 91.2 cm³/mol. The molecular formula is C17H26N2S. The Morgan fingerprint density at radius 2 is 1.90 bits per heavy atom. The highest BCUT2D eigenvalue weighted by Crippen LogP contribution is 2.27. The minimum atomic E-state index is 0.597. The third kappa shape index (κ3) is 3.72. The highest BCUT2D eigenvalue weighted by molar-refractivity contribution is 7.80. The summed E-state index contributed by atoms with van der Waals surface area (Å²) in [6, 6.07) is 9.01. The van der Waals surface area contributed by atoms with Crippen LogP contribution in [0.15, 0.2) is 24.3 Å². The number of hydrogen-bond acceptors (Lipinski definition) is 1. The lowest BCUT2D eigenvalue weighted by Gasteiger charge is -2.35. The molecule has 0 heterocycles. The van der Waals surface area contributed by atoms with E-state index in [0.29, 0.717) is 6.04 Å². The standard InChI is InChI=1S/C17H26N2S/c1-4-14-7-5-6-8-16(14)18-17(20)19(3)15-11-9-13(2)10-12-15/h5-8,13,15H,4,9-12H2,1-3H3,(H,18,20). The second-order valence-corrected chi connectivity index (χ2v) is 6.35. The van der Waals surface area contributed by atoms with Gasteiger partial charge in [0.25, 0.3) is 0 Å². The molecule has 0 saturated heterocycles. The number of nitrogens with one attached hydrogen (secondary N) is 1. The number of hydrogen-bond donors (Lipinski definition) is 1. The van der Waals surface area contributed by atoms with E-state index in [9.17, 15) is 0 Å². The summed E-state index contributed by atoms with van der Waals surface area (Å²) >= 11 is 5.59. The molecule has 110 valence electrons. The molecule has 1 aliphatic rings. The van der Waals surface area contributed by atoms with Crippen molar-refractivity contribution < 1.29 is 0 Å². The van der Waals surface area contributed by atoms with Gasteiger partial charge in [-0.3, -0.25) is 0 Å². The molecule has 2 nitrogen and oxygen atoms in total. The van der Waals surface area contributed by atoms with E-state index in [4.69, 9.17) is 12.2 Å². The van der Waals surface area contributed by atoms with Crippen molar-refractivity contribution in [2.75, 3.05) is 12.4 Å². The van der Waals surface area contributed by atoms with E-state index in [1.807, 2.05) is 0 Å². The van der Waals surface area contributed by atoms with Gasteiger partial charge in [-0.05, 0) is 61.9 Å². The first-order chi connectivity index (χ1) is 9.61. The van der Waals surface area contributed by atoms with E-state index in [1.165, 1.54) is 31.2 Å². The van der Waals surface area contributed by atoms with Crippen LogP contribution in [0.3, 0.4) is 0 Å². The number of rotatable bonds is 3. The molecular weight excluding hydrogens is 264 g/mol. The van der Waals surface area contributed by atoms with Crippen LogP contribution in [0.1, 0.15) is 45.1 Å². The van der Waals surface area contributed by atoms with Gasteiger partial charge in [-0.25, -0.2) is 0 Å². The minimum absolute atomic E-state index is 0.597. The Morgan fingerprint density at radius 3 is 2.55 bits per heavy atom. The van der Waals surface area contributed by atoms with Gasteiger partial charge in [0.2, 0.25) is 0 Å². The highest BCUT2D eigenvalue weighted by atomic mass is 32.1. The fourth-order valence-corrected chi connectivity index (χ4v) is 3.21. The van der Waals surface area contributed by atoms with Crippen molar-refractivity contribution in [3.63, 3.8) is 0 Å². The Kier molecular flexibility index (Phi) is 5.41. The summed E-state index contributed by atoms with van der Waals surface area (Å²) < 4.78 is 0. The Balaban J connectivity index is 1.97. The third-order valence-corrected chi connectivity index (χ3v) is 4.88. The normalized spacial score (nSPS) is 22.4. The number of anilines is 1. The first-order valence-corrected chi connectivity index (χ1v) is 8.14. The quantitative estimate of drug-likeness (QED) is 0.828. The summed E-state index contributed by atoms with van der Waals surface area (Å²) in [5, 5.41) is 4.28. The molecule has 1 aromatic rings. The van der Waals surface area contributed by atoms with E-state index < -0.39 is 0 Å². The topological polar surface area (TPSA) is 15.3 Å². The molecule has 20 heavy (non-hydrogen) atoms. The minimum Gasteiger partial charge on any atom is -0.349 e. The van der Waals surface area contributed by atoms with Gasteiger partial charge in [-0.1, -0.05) is 32.0 Å². The average molecular weight is 290 g/mol. The molecule has 1 aromatic carbocycles. The number of benzene rings is 1. The van der Waals surface area contributed by atoms with Gasteiger partial charge in [0.15, 0.2) is 5.11 Å². The summed E-state index contributed by atoms with van der Waals surface area (Å²) in [5.41, 5.74) is 2.47. The van der Waals surface area contributed by atoms with E-state index >= 15 is 0 Å². The Bertz CT molecular complexity index is 450. The molecule has 0 radical (unpaired) electrons. The number of para-hydroxylation sites is 1. The molecule has 0 unspecified atom stereocenters. The lowest BCUT2D eigenvalue weighted by atomic mass is 9.87. The van der Waals surface area contributed by atoms with E-state index in [0.717, 1.165) is 23.1 Å². The predicted octanol–water partition coefficient (Wildman–Crippen LogP) is 4.46. The van der Waals surface area contributed by atoms with Crippen molar-refractivity contribution in [2.24, 2.45) is 5.92 Å². The van der Waals surface area contributed by atoms with Crippen LogP contribution in [0.4, 0.5) is 5.69 Å². The average Bonchev–Trinajstić information content (AvgIpc) is 2.48. The van der Waals surface area contributed by atoms with Crippen LogP contribution in [-0.4, -0.2) is 23.1 Å². The van der Waals surface area contributed by atoms with Crippen molar-refractivity contribution in [3.8, 4) is 0 Å². The molecule has 0 atom stereocenters. The summed E-state index contributed by atoms with van der Waals surface area (Å²) in [5.74, 6) is 0.877. The SMILES string of the molecule is CCc1ccccc1NC(=S)N(C)C1CCC(C)CC1. The molecule has 0 aliphatic heterocycles. The van der Waals surface area contributed by atoms with Gasteiger partial charge in [0.1, 0.15) is 0 Å². The van der Waals surface area contributed by atoms with Gasteiger partial charge in [0.05, 0.1) is 0 Å². The number of thiocarbonyl (C=S) groups is 1. The summed E-state index contributed by atoms with van der Waals surface area (Å²) in [6.07, 6.45) is 6.19. The largest absolute Gasteiger partial charge is 0.349 e. The van der Waals surface area contributed by atoms with Crippen LogP contribution in [0.2, 0.25) is 0 Å². The molecule has 3 heteroatoms. The van der Waals surface area contributed by atoms with Crippen LogP contribution in [0.5, 0.6) is 0 Å². The third-order valence-electron chi connectivity index (χ3n) is 4.49. The van der Waals surface area contributed by atoms with Gasteiger partial charge in [-0.2, -0.15) is 0 Å². The van der Waals surface area contributed by atoms with E-state index in [2.05, 4.69) is 55.4 Å². The molecule has 0 amide bonds. The van der Waals surface area contributed by atoms with Crippen molar-refractivity contribution in [1.82, 2.24) is 4.90 Å². The second-order valence-electron chi connectivity index (χ2n) is 5.97. The smallest absolute Gasteiger partial charge is 0.173 e. The lowest BCUT2D eigenvalue weighted by molar-refractivity contribution is 0.241. The molecule has 0 bridgehead atoms. The molecule has 1 fully saturated rings. The van der Waals surface area contributed by atoms with Gasteiger partial charge in [0, 0.05) is 18.8 Å². The van der Waals surface area contributed by atoms with Gasteiger partial charge >= 0.3 is 0 Å². The van der Waals surface area contributed by atoms with Crippen LogP contribution < -0.4 is 5.32 Å². The van der Waals surface area contributed by atoms with Crippen molar-refractivity contribution in [2.45, 2.75) is 52.0 Å². The second kappa shape index (κ2) is 7.07.